The quantitative estimate of drug-likeness (QED) is 0.566. The number of nitrogens with zero attached hydrogens (tertiary/aromatic N) is 2. The number of rotatable bonds is 4. The Morgan fingerprint density at radius 3 is 2.78 bits per heavy atom. The summed E-state index contributed by atoms with van der Waals surface area (Å²) in [6.07, 6.45) is 1.68. The molecule has 0 fully saturated rings. The second kappa shape index (κ2) is 5.85. The van der Waals surface area contributed by atoms with Gasteiger partial charge in [0.2, 0.25) is 0 Å². The largest absolute Gasteiger partial charge is 0.467 e. The summed E-state index contributed by atoms with van der Waals surface area (Å²) in [7, 11) is 0. The van der Waals surface area contributed by atoms with Crippen molar-refractivity contribution in [2.45, 2.75) is 13.0 Å². The predicted octanol–water partition coefficient (Wildman–Crippen LogP) is 5.12. The van der Waals surface area contributed by atoms with Crippen LogP contribution in [0.2, 0.25) is 0 Å². The fourth-order valence-corrected chi connectivity index (χ4v) is 3.16. The van der Waals surface area contributed by atoms with E-state index in [0.29, 0.717) is 0 Å². The van der Waals surface area contributed by atoms with Crippen LogP contribution < -0.4 is 5.32 Å². The number of hydrogen-bond donors (Lipinski definition) is 1. The molecule has 0 amide bonds. The lowest BCUT2D eigenvalue weighted by molar-refractivity contribution is 0.490. The molecule has 0 saturated carbocycles. The molecule has 114 valence electrons. The molecular formula is C18H15N3OS. The number of furan rings is 1. The maximum Gasteiger partial charge on any atom is 0.162 e. The van der Waals surface area contributed by atoms with Crippen molar-refractivity contribution in [3.05, 3.63) is 65.2 Å². The van der Waals surface area contributed by atoms with Gasteiger partial charge < -0.3 is 9.73 Å². The number of hydrogen-bond acceptors (Lipinski definition) is 5. The highest BCUT2D eigenvalue weighted by Gasteiger charge is 2.14. The topological polar surface area (TPSA) is 51.0 Å². The number of nitrogens with one attached hydrogen (secondary N) is 1. The average Bonchev–Trinajstić information content (AvgIpc) is 3.28. The second-order valence-corrected chi connectivity index (χ2v) is 6.09. The molecule has 0 spiro atoms. The highest BCUT2D eigenvalue weighted by atomic mass is 32.1. The Morgan fingerprint density at radius 2 is 2.00 bits per heavy atom. The molecule has 1 N–H and O–H groups in total. The number of thiophene rings is 1. The van der Waals surface area contributed by atoms with Crippen LogP contribution in [0.5, 0.6) is 0 Å². The molecule has 0 aliphatic heterocycles. The molecular weight excluding hydrogens is 306 g/mol. The van der Waals surface area contributed by atoms with Crippen molar-refractivity contribution < 1.29 is 4.42 Å². The molecule has 3 heterocycles. The van der Waals surface area contributed by atoms with Crippen molar-refractivity contribution in [3.63, 3.8) is 0 Å². The number of aromatic nitrogens is 2. The minimum Gasteiger partial charge on any atom is -0.467 e. The highest BCUT2D eigenvalue weighted by Crippen LogP contribution is 2.28. The van der Waals surface area contributed by atoms with Gasteiger partial charge in [-0.15, -0.1) is 0 Å². The van der Waals surface area contributed by atoms with Gasteiger partial charge in [0.1, 0.15) is 11.6 Å². The van der Waals surface area contributed by atoms with Crippen molar-refractivity contribution in [2.24, 2.45) is 0 Å². The molecule has 4 nitrogen and oxygen atoms in total. The van der Waals surface area contributed by atoms with Crippen LogP contribution in [0.25, 0.3) is 22.3 Å². The van der Waals surface area contributed by atoms with Crippen LogP contribution in [0.15, 0.2) is 63.9 Å². The van der Waals surface area contributed by atoms with Crippen LogP contribution in [0.4, 0.5) is 5.82 Å². The first-order valence-electron chi connectivity index (χ1n) is 7.40. The van der Waals surface area contributed by atoms with Gasteiger partial charge in [-0.05, 0) is 42.6 Å². The summed E-state index contributed by atoms with van der Waals surface area (Å²) < 4.78 is 5.48. The van der Waals surface area contributed by atoms with Crippen LogP contribution >= 0.6 is 11.3 Å². The Kier molecular flexibility index (Phi) is 3.55. The lowest BCUT2D eigenvalue weighted by Crippen LogP contribution is -2.08. The zero-order valence-electron chi connectivity index (χ0n) is 12.6. The molecule has 3 aromatic heterocycles. The van der Waals surface area contributed by atoms with Crippen molar-refractivity contribution in [3.8, 4) is 11.4 Å². The molecule has 0 aliphatic carbocycles. The third-order valence-corrected chi connectivity index (χ3v) is 4.39. The molecule has 1 atom stereocenters. The normalized spacial score (nSPS) is 12.4. The molecule has 23 heavy (non-hydrogen) atoms. The zero-order chi connectivity index (χ0) is 15.6. The Bertz CT molecular complexity index is 917. The van der Waals surface area contributed by atoms with E-state index in [1.807, 2.05) is 47.8 Å². The maximum absolute atomic E-state index is 5.48. The fourth-order valence-electron chi connectivity index (χ4n) is 2.52. The van der Waals surface area contributed by atoms with Gasteiger partial charge in [-0.1, -0.05) is 12.1 Å². The number of benzene rings is 1. The summed E-state index contributed by atoms with van der Waals surface area (Å²) in [6, 6.07) is 13.9. The van der Waals surface area contributed by atoms with Gasteiger partial charge in [0.15, 0.2) is 5.82 Å². The van der Waals surface area contributed by atoms with E-state index in [2.05, 4.69) is 22.6 Å². The van der Waals surface area contributed by atoms with E-state index in [9.17, 15) is 0 Å². The standard InChI is InChI=1S/C18H15N3OS/c1-12(16-7-4-9-22-16)19-18-14-5-2-3-6-15(14)20-17(21-18)13-8-10-23-11-13/h2-12H,1H3,(H,19,20,21). The Labute approximate surface area is 137 Å². The molecule has 4 aromatic rings. The van der Waals surface area contributed by atoms with E-state index < -0.39 is 0 Å². The van der Waals surface area contributed by atoms with Gasteiger partial charge in [0.25, 0.3) is 0 Å². The van der Waals surface area contributed by atoms with Gasteiger partial charge >= 0.3 is 0 Å². The lowest BCUT2D eigenvalue weighted by Gasteiger charge is -2.15. The fraction of sp³-hybridized carbons (Fsp3) is 0.111. The number of anilines is 1. The first kappa shape index (κ1) is 14.0. The van der Waals surface area contributed by atoms with Crippen LogP contribution in [-0.2, 0) is 0 Å². The van der Waals surface area contributed by atoms with Gasteiger partial charge in [-0.2, -0.15) is 11.3 Å². The predicted molar refractivity (Wildman–Crippen MR) is 93.6 cm³/mol. The van der Waals surface area contributed by atoms with E-state index >= 15 is 0 Å². The Morgan fingerprint density at radius 1 is 1.09 bits per heavy atom. The van der Waals surface area contributed by atoms with Gasteiger partial charge in [0.05, 0.1) is 17.8 Å². The van der Waals surface area contributed by atoms with Gasteiger partial charge in [0, 0.05) is 16.3 Å². The second-order valence-electron chi connectivity index (χ2n) is 5.31. The van der Waals surface area contributed by atoms with E-state index in [1.165, 1.54) is 0 Å². The summed E-state index contributed by atoms with van der Waals surface area (Å²) in [5.41, 5.74) is 1.97. The highest BCUT2D eigenvalue weighted by molar-refractivity contribution is 7.08. The number of fused-ring (bicyclic) bond motifs is 1. The van der Waals surface area contributed by atoms with E-state index in [-0.39, 0.29) is 6.04 Å². The van der Waals surface area contributed by atoms with Gasteiger partial charge in [-0.3, -0.25) is 0 Å². The molecule has 1 unspecified atom stereocenters. The van der Waals surface area contributed by atoms with E-state index in [0.717, 1.165) is 33.9 Å². The SMILES string of the molecule is CC(Nc1nc(-c2ccsc2)nc2ccccc12)c1ccco1. The average molecular weight is 321 g/mol. The molecule has 0 saturated heterocycles. The van der Waals surface area contributed by atoms with Crippen LogP contribution in [0, 0.1) is 0 Å². The van der Waals surface area contributed by atoms with E-state index in [4.69, 9.17) is 9.40 Å². The summed E-state index contributed by atoms with van der Waals surface area (Å²) in [4.78, 5) is 9.42. The van der Waals surface area contributed by atoms with Crippen LogP contribution in [0.1, 0.15) is 18.7 Å². The minimum absolute atomic E-state index is 0.0265. The minimum atomic E-state index is 0.0265. The van der Waals surface area contributed by atoms with E-state index in [1.54, 1.807) is 17.6 Å². The third kappa shape index (κ3) is 2.71. The zero-order valence-corrected chi connectivity index (χ0v) is 13.4. The van der Waals surface area contributed by atoms with Crippen molar-refractivity contribution in [1.29, 1.82) is 0 Å². The van der Waals surface area contributed by atoms with Crippen molar-refractivity contribution >= 4 is 28.1 Å². The first-order valence-corrected chi connectivity index (χ1v) is 8.35. The molecule has 0 aliphatic rings. The monoisotopic (exact) mass is 321 g/mol. The van der Waals surface area contributed by atoms with Gasteiger partial charge in [-0.25, -0.2) is 9.97 Å². The lowest BCUT2D eigenvalue weighted by atomic mass is 10.2. The molecule has 4 rings (SSSR count). The summed E-state index contributed by atoms with van der Waals surface area (Å²) in [5, 5.41) is 8.55. The van der Waals surface area contributed by atoms with Crippen molar-refractivity contribution in [1.82, 2.24) is 9.97 Å². The number of para-hydroxylation sites is 1. The molecule has 0 bridgehead atoms. The molecule has 5 heteroatoms. The summed E-state index contributed by atoms with van der Waals surface area (Å²) in [6.45, 7) is 2.06. The Hall–Kier alpha value is -2.66. The van der Waals surface area contributed by atoms with Crippen molar-refractivity contribution in [2.75, 3.05) is 5.32 Å². The van der Waals surface area contributed by atoms with Crippen LogP contribution in [0.3, 0.4) is 0 Å². The maximum atomic E-state index is 5.48. The third-order valence-electron chi connectivity index (χ3n) is 3.71. The summed E-state index contributed by atoms with van der Waals surface area (Å²) >= 11 is 1.64. The van der Waals surface area contributed by atoms with Crippen LogP contribution in [-0.4, -0.2) is 9.97 Å². The summed E-state index contributed by atoms with van der Waals surface area (Å²) in [5.74, 6) is 2.43. The molecule has 1 aromatic carbocycles. The smallest absolute Gasteiger partial charge is 0.162 e. The molecule has 0 radical (unpaired) electrons. The first-order chi connectivity index (χ1) is 11.3. The Balaban J connectivity index is 1.80.